The Morgan fingerprint density at radius 2 is 2.07 bits per heavy atom. The average molecular weight is 400 g/mol. The lowest BCUT2D eigenvalue weighted by molar-refractivity contribution is -0.116. The van der Waals surface area contributed by atoms with E-state index >= 15 is 0 Å². The van der Waals surface area contributed by atoms with E-state index in [0.717, 1.165) is 31.5 Å². The third kappa shape index (κ3) is 5.22. The van der Waals surface area contributed by atoms with Crippen LogP contribution >= 0.6 is 0 Å². The molecule has 0 bridgehead atoms. The van der Waals surface area contributed by atoms with Crippen molar-refractivity contribution in [2.24, 2.45) is 5.92 Å². The van der Waals surface area contributed by atoms with Crippen LogP contribution in [-0.4, -0.2) is 39.6 Å². The van der Waals surface area contributed by atoms with Crippen LogP contribution in [-0.2, 0) is 11.3 Å². The molecule has 156 valence electrons. The highest BCUT2D eigenvalue weighted by molar-refractivity contribution is 5.93. The lowest BCUT2D eigenvalue weighted by Gasteiger charge is -2.32. The van der Waals surface area contributed by atoms with Crippen LogP contribution in [0, 0.1) is 25.6 Å². The van der Waals surface area contributed by atoms with Gasteiger partial charge in [0.15, 0.2) is 0 Å². The standard InChI is InChI=1S/C22H29FN4O2/c1-4-27-20(13-16(3)25-27)22(29)26-11-5-6-17(14-26)7-10-21(28)24-19-9-8-18(23)12-15(19)2/h8-9,12-13,17H,4-7,10-11,14H2,1-3H3,(H,24,28)/t17-/m0/s1. The van der Waals surface area contributed by atoms with Gasteiger partial charge in [-0.05, 0) is 75.8 Å². The van der Waals surface area contributed by atoms with E-state index in [4.69, 9.17) is 0 Å². The van der Waals surface area contributed by atoms with Crippen molar-refractivity contribution in [1.29, 1.82) is 0 Å². The van der Waals surface area contributed by atoms with E-state index < -0.39 is 0 Å². The number of hydrogen-bond donors (Lipinski definition) is 1. The second-order valence-electron chi connectivity index (χ2n) is 7.79. The number of carbonyl (C=O) groups excluding carboxylic acids is 2. The maximum Gasteiger partial charge on any atom is 0.272 e. The number of nitrogens with zero attached hydrogens (tertiary/aromatic N) is 3. The van der Waals surface area contributed by atoms with Crippen LogP contribution in [0.25, 0.3) is 0 Å². The Balaban J connectivity index is 1.54. The summed E-state index contributed by atoms with van der Waals surface area (Å²) in [6.07, 6.45) is 3.06. The number of aromatic nitrogens is 2. The molecule has 6 nitrogen and oxygen atoms in total. The molecule has 1 fully saturated rings. The lowest BCUT2D eigenvalue weighted by atomic mass is 9.93. The van der Waals surface area contributed by atoms with Gasteiger partial charge in [-0.15, -0.1) is 0 Å². The minimum absolute atomic E-state index is 0.0172. The van der Waals surface area contributed by atoms with Crippen molar-refractivity contribution < 1.29 is 14.0 Å². The Kier molecular flexibility index (Phi) is 6.67. The molecule has 2 amide bonds. The van der Waals surface area contributed by atoms with Gasteiger partial charge in [0, 0.05) is 31.7 Å². The van der Waals surface area contributed by atoms with E-state index in [1.807, 2.05) is 24.8 Å². The largest absolute Gasteiger partial charge is 0.337 e. The molecule has 1 N–H and O–H groups in total. The fourth-order valence-corrected chi connectivity index (χ4v) is 3.92. The molecule has 1 atom stereocenters. The molecule has 29 heavy (non-hydrogen) atoms. The summed E-state index contributed by atoms with van der Waals surface area (Å²) in [4.78, 5) is 27.1. The molecule has 1 aromatic heterocycles. The molecule has 2 heterocycles. The summed E-state index contributed by atoms with van der Waals surface area (Å²) in [7, 11) is 0. The highest BCUT2D eigenvalue weighted by Gasteiger charge is 2.27. The van der Waals surface area contributed by atoms with E-state index in [1.165, 1.54) is 12.1 Å². The van der Waals surface area contributed by atoms with Crippen molar-refractivity contribution >= 4 is 17.5 Å². The first-order valence-electron chi connectivity index (χ1n) is 10.3. The van der Waals surface area contributed by atoms with Crippen LogP contribution in [0.2, 0.25) is 0 Å². The minimum Gasteiger partial charge on any atom is -0.337 e. The highest BCUT2D eigenvalue weighted by Crippen LogP contribution is 2.23. The van der Waals surface area contributed by atoms with Crippen LogP contribution in [0.1, 0.15) is 54.4 Å². The number of piperidine rings is 1. The highest BCUT2D eigenvalue weighted by atomic mass is 19.1. The predicted molar refractivity (Wildman–Crippen MR) is 110 cm³/mol. The van der Waals surface area contributed by atoms with Gasteiger partial charge >= 0.3 is 0 Å². The van der Waals surface area contributed by atoms with Crippen molar-refractivity contribution in [2.75, 3.05) is 18.4 Å². The predicted octanol–water partition coefficient (Wildman–Crippen LogP) is 3.93. The van der Waals surface area contributed by atoms with Crippen molar-refractivity contribution in [1.82, 2.24) is 14.7 Å². The first-order chi connectivity index (χ1) is 13.9. The Hall–Kier alpha value is -2.70. The fourth-order valence-electron chi connectivity index (χ4n) is 3.92. The molecule has 1 aromatic carbocycles. The number of halogens is 1. The van der Waals surface area contributed by atoms with Gasteiger partial charge in [-0.3, -0.25) is 14.3 Å². The van der Waals surface area contributed by atoms with Gasteiger partial charge < -0.3 is 10.2 Å². The summed E-state index contributed by atoms with van der Waals surface area (Å²) >= 11 is 0. The third-order valence-corrected chi connectivity index (χ3v) is 5.47. The van der Waals surface area contributed by atoms with Crippen molar-refractivity contribution in [2.45, 2.75) is 53.0 Å². The van der Waals surface area contributed by atoms with Crippen molar-refractivity contribution in [3.05, 3.63) is 47.0 Å². The van der Waals surface area contributed by atoms with Crippen molar-refractivity contribution in [3.8, 4) is 0 Å². The number of amides is 2. The van der Waals surface area contributed by atoms with E-state index in [2.05, 4.69) is 10.4 Å². The third-order valence-electron chi connectivity index (χ3n) is 5.47. The van der Waals surface area contributed by atoms with Crippen LogP contribution in [0.4, 0.5) is 10.1 Å². The summed E-state index contributed by atoms with van der Waals surface area (Å²) in [6, 6.07) is 6.18. The van der Waals surface area contributed by atoms with E-state index in [0.29, 0.717) is 42.4 Å². The molecule has 2 aromatic rings. The SMILES string of the molecule is CCn1nc(C)cc1C(=O)N1CCC[C@@H](CCC(=O)Nc2ccc(F)cc2C)C1. The van der Waals surface area contributed by atoms with E-state index in [9.17, 15) is 14.0 Å². The number of hydrogen-bond acceptors (Lipinski definition) is 3. The summed E-state index contributed by atoms with van der Waals surface area (Å²) in [5.74, 6) is -0.0784. The number of aryl methyl sites for hydroxylation is 3. The molecule has 0 saturated carbocycles. The maximum atomic E-state index is 13.2. The Morgan fingerprint density at radius 1 is 1.28 bits per heavy atom. The fraction of sp³-hybridized carbons (Fsp3) is 0.500. The molecular weight excluding hydrogens is 371 g/mol. The van der Waals surface area contributed by atoms with Crippen LogP contribution in [0.5, 0.6) is 0 Å². The first kappa shape index (κ1) is 21.0. The molecule has 0 aliphatic carbocycles. The molecule has 0 radical (unpaired) electrons. The molecular formula is C22H29FN4O2. The van der Waals surface area contributed by atoms with Crippen molar-refractivity contribution in [3.63, 3.8) is 0 Å². The van der Waals surface area contributed by atoms with Gasteiger partial charge in [0.05, 0.1) is 5.69 Å². The second-order valence-corrected chi connectivity index (χ2v) is 7.79. The second kappa shape index (κ2) is 9.20. The van der Waals surface area contributed by atoms with E-state index in [-0.39, 0.29) is 17.6 Å². The van der Waals surface area contributed by atoms with Gasteiger partial charge in [-0.1, -0.05) is 0 Å². The maximum absolute atomic E-state index is 13.2. The zero-order valence-corrected chi connectivity index (χ0v) is 17.4. The van der Waals surface area contributed by atoms with Crippen LogP contribution < -0.4 is 5.32 Å². The molecule has 3 rings (SSSR count). The van der Waals surface area contributed by atoms with Crippen LogP contribution in [0.15, 0.2) is 24.3 Å². The Labute approximate surface area is 171 Å². The summed E-state index contributed by atoms with van der Waals surface area (Å²) < 4.78 is 14.9. The zero-order chi connectivity index (χ0) is 21.0. The molecule has 0 spiro atoms. The number of nitrogens with one attached hydrogen (secondary N) is 1. The molecule has 1 aliphatic heterocycles. The van der Waals surface area contributed by atoms with Gasteiger partial charge in [0.2, 0.25) is 5.91 Å². The monoisotopic (exact) mass is 400 g/mol. The summed E-state index contributed by atoms with van der Waals surface area (Å²) in [5, 5.41) is 7.23. The number of likely N-dealkylation sites (tertiary alicyclic amines) is 1. The smallest absolute Gasteiger partial charge is 0.272 e. The minimum atomic E-state index is -0.313. The first-order valence-corrected chi connectivity index (χ1v) is 10.3. The summed E-state index contributed by atoms with van der Waals surface area (Å²) in [6.45, 7) is 7.70. The van der Waals surface area contributed by atoms with Crippen LogP contribution in [0.3, 0.4) is 0 Å². The van der Waals surface area contributed by atoms with Gasteiger partial charge in [0.25, 0.3) is 5.91 Å². The Bertz CT molecular complexity index is 893. The quantitative estimate of drug-likeness (QED) is 0.799. The lowest BCUT2D eigenvalue weighted by Crippen LogP contribution is -2.41. The average Bonchev–Trinajstić information content (AvgIpc) is 3.09. The van der Waals surface area contributed by atoms with Gasteiger partial charge in [-0.2, -0.15) is 5.10 Å². The molecule has 7 heteroatoms. The number of rotatable bonds is 6. The van der Waals surface area contributed by atoms with E-state index in [1.54, 1.807) is 17.7 Å². The molecule has 0 unspecified atom stereocenters. The number of benzene rings is 1. The van der Waals surface area contributed by atoms with Gasteiger partial charge in [0.1, 0.15) is 11.5 Å². The Morgan fingerprint density at radius 3 is 2.79 bits per heavy atom. The summed E-state index contributed by atoms with van der Waals surface area (Å²) in [5.41, 5.74) is 2.82. The topological polar surface area (TPSA) is 67.2 Å². The number of anilines is 1. The van der Waals surface area contributed by atoms with Gasteiger partial charge in [-0.25, -0.2) is 4.39 Å². The normalized spacial score (nSPS) is 16.7. The molecule has 1 saturated heterocycles. The zero-order valence-electron chi connectivity index (χ0n) is 17.4. The molecule has 1 aliphatic rings. The number of carbonyl (C=O) groups is 2.